The summed E-state index contributed by atoms with van der Waals surface area (Å²) in [5, 5.41) is 5.88. The topological polar surface area (TPSA) is 82.0 Å². The number of nitrogens with one attached hydrogen (secondary N) is 1. The maximum Gasteiger partial charge on any atom is 0.275 e. The van der Waals surface area contributed by atoms with Crippen molar-refractivity contribution in [2.24, 2.45) is 0 Å². The lowest BCUT2D eigenvalue weighted by atomic mass is 9.93. The van der Waals surface area contributed by atoms with Gasteiger partial charge in [-0.25, -0.2) is 0 Å². The predicted octanol–water partition coefficient (Wildman–Crippen LogP) is 2.90. The van der Waals surface area contributed by atoms with E-state index in [0.29, 0.717) is 42.6 Å². The lowest BCUT2D eigenvalue weighted by molar-refractivity contribution is -0.126. The Hall–Kier alpha value is -3.04. The highest BCUT2D eigenvalue weighted by Crippen LogP contribution is 2.40. The fraction of sp³-hybridized carbons (Fsp3) is 0.364. The molecule has 0 aliphatic carbocycles. The molecule has 0 unspecified atom stereocenters. The molecule has 1 atom stereocenters. The van der Waals surface area contributed by atoms with Crippen LogP contribution in [0.3, 0.4) is 0 Å². The molecule has 2 amide bonds. The Kier molecular flexibility index (Phi) is 5.63. The van der Waals surface area contributed by atoms with E-state index in [4.69, 9.17) is 14.2 Å². The average molecular weight is 444 g/mol. The first-order chi connectivity index (χ1) is 14.9. The molecule has 3 heterocycles. The molecule has 0 bridgehead atoms. The number of rotatable bonds is 7. The highest BCUT2D eigenvalue weighted by molar-refractivity contribution is 7.16. The zero-order chi connectivity index (χ0) is 22.2. The molecule has 164 valence electrons. The van der Waals surface area contributed by atoms with Crippen molar-refractivity contribution in [1.82, 2.24) is 9.88 Å². The number of fused-ring (bicyclic) bond motifs is 3. The summed E-state index contributed by atoms with van der Waals surface area (Å²) in [5.41, 5.74) is -0.0467. The molecule has 8 nitrogen and oxygen atoms in total. The van der Waals surface area contributed by atoms with Crippen molar-refractivity contribution in [3.63, 3.8) is 0 Å². The Labute approximate surface area is 184 Å². The first-order valence-electron chi connectivity index (χ1n) is 9.85. The number of carbonyl (C=O) groups excluding carboxylic acids is 2. The van der Waals surface area contributed by atoms with Crippen LogP contribution in [-0.4, -0.2) is 56.4 Å². The Balaban J connectivity index is 1.84. The lowest BCUT2D eigenvalue weighted by Crippen LogP contribution is -2.64. The van der Waals surface area contributed by atoms with E-state index in [9.17, 15) is 9.59 Å². The maximum absolute atomic E-state index is 13.7. The molecule has 0 saturated heterocycles. The molecule has 0 fully saturated rings. The van der Waals surface area contributed by atoms with Crippen LogP contribution < -0.4 is 19.7 Å². The van der Waals surface area contributed by atoms with E-state index < -0.39 is 5.54 Å². The van der Waals surface area contributed by atoms with Gasteiger partial charge in [-0.05, 0) is 36.6 Å². The highest BCUT2D eigenvalue weighted by Gasteiger charge is 2.48. The van der Waals surface area contributed by atoms with Gasteiger partial charge in [-0.2, -0.15) is 0 Å². The van der Waals surface area contributed by atoms with Gasteiger partial charge >= 0.3 is 0 Å². The minimum Gasteiger partial charge on any atom is -0.493 e. The summed E-state index contributed by atoms with van der Waals surface area (Å²) < 4.78 is 17.8. The molecule has 1 aromatic carbocycles. The summed E-state index contributed by atoms with van der Waals surface area (Å²) in [6.07, 6.45) is 0. The summed E-state index contributed by atoms with van der Waals surface area (Å²) in [6.45, 7) is 2.85. The molecule has 0 saturated carbocycles. The van der Waals surface area contributed by atoms with Crippen molar-refractivity contribution in [2.75, 3.05) is 39.4 Å². The van der Waals surface area contributed by atoms with Crippen molar-refractivity contribution < 1.29 is 23.8 Å². The number of benzene rings is 1. The second kappa shape index (κ2) is 8.24. The number of aromatic nitrogens is 1. The van der Waals surface area contributed by atoms with Crippen molar-refractivity contribution in [1.29, 1.82) is 0 Å². The van der Waals surface area contributed by atoms with Gasteiger partial charge in [-0.3, -0.25) is 14.5 Å². The number of nitrogens with zero attached hydrogens (tertiary/aromatic N) is 2. The molecule has 1 aliphatic rings. The Morgan fingerprint density at radius 2 is 1.94 bits per heavy atom. The zero-order valence-corrected chi connectivity index (χ0v) is 18.7. The third-order valence-electron chi connectivity index (χ3n) is 5.59. The van der Waals surface area contributed by atoms with Crippen LogP contribution in [0.5, 0.6) is 11.5 Å². The van der Waals surface area contributed by atoms with Gasteiger partial charge in [0.1, 0.15) is 16.1 Å². The molecule has 1 N–H and O–H groups in total. The SMILES string of the molecule is COCCNC(=O)[C@@]1(C)Cn2c(cc3ccsc32)C(=O)N1c1ccc(OC)c(OC)c1. The molecule has 2 aromatic heterocycles. The summed E-state index contributed by atoms with van der Waals surface area (Å²) in [4.78, 5) is 29.6. The predicted molar refractivity (Wildman–Crippen MR) is 119 cm³/mol. The Morgan fingerprint density at radius 1 is 1.16 bits per heavy atom. The minimum atomic E-state index is -1.16. The van der Waals surface area contributed by atoms with E-state index in [1.165, 1.54) is 7.11 Å². The number of hydrogen-bond acceptors (Lipinski definition) is 6. The number of amides is 2. The largest absolute Gasteiger partial charge is 0.493 e. The van der Waals surface area contributed by atoms with Crippen LogP contribution in [0.4, 0.5) is 5.69 Å². The number of hydrogen-bond donors (Lipinski definition) is 1. The third-order valence-corrected chi connectivity index (χ3v) is 6.54. The van der Waals surface area contributed by atoms with E-state index >= 15 is 0 Å². The second-order valence-corrected chi connectivity index (χ2v) is 8.39. The smallest absolute Gasteiger partial charge is 0.275 e. The third kappa shape index (κ3) is 3.43. The highest BCUT2D eigenvalue weighted by atomic mass is 32.1. The number of anilines is 1. The molecule has 31 heavy (non-hydrogen) atoms. The normalized spacial score (nSPS) is 18.2. The van der Waals surface area contributed by atoms with Crippen LogP contribution in [0.1, 0.15) is 17.4 Å². The summed E-state index contributed by atoms with van der Waals surface area (Å²) in [6, 6.07) is 9.08. The van der Waals surface area contributed by atoms with Crippen LogP contribution in [0, 0.1) is 0 Å². The average Bonchev–Trinajstić information content (AvgIpc) is 3.36. The van der Waals surface area contributed by atoms with Gasteiger partial charge in [0.25, 0.3) is 5.91 Å². The van der Waals surface area contributed by atoms with Crippen LogP contribution in [0.25, 0.3) is 10.2 Å². The molecule has 9 heteroatoms. The monoisotopic (exact) mass is 443 g/mol. The minimum absolute atomic E-state index is 0.244. The van der Waals surface area contributed by atoms with Gasteiger partial charge in [-0.1, -0.05) is 0 Å². The second-order valence-electron chi connectivity index (χ2n) is 7.50. The maximum atomic E-state index is 13.7. The van der Waals surface area contributed by atoms with Gasteiger partial charge in [0.05, 0.1) is 27.4 Å². The number of methoxy groups -OCH3 is 3. The Morgan fingerprint density at radius 3 is 2.65 bits per heavy atom. The van der Waals surface area contributed by atoms with Crippen molar-refractivity contribution in [3.8, 4) is 11.5 Å². The van der Waals surface area contributed by atoms with E-state index in [2.05, 4.69) is 5.32 Å². The first kappa shape index (κ1) is 21.2. The fourth-order valence-electron chi connectivity index (χ4n) is 4.02. The number of thiophene rings is 1. The molecular weight excluding hydrogens is 418 g/mol. The van der Waals surface area contributed by atoms with Crippen LogP contribution in [0.15, 0.2) is 35.7 Å². The summed E-state index contributed by atoms with van der Waals surface area (Å²) >= 11 is 1.56. The van der Waals surface area contributed by atoms with Crippen LogP contribution in [-0.2, 0) is 16.1 Å². The quantitative estimate of drug-likeness (QED) is 0.568. The van der Waals surface area contributed by atoms with Crippen LogP contribution in [0.2, 0.25) is 0 Å². The van der Waals surface area contributed by atoms with Gasteiger partial charge in [0.15, 0.2) is 11.5 Å². The number of carbonyl (C=O) groups is 2. The van der Waals surface area contributed by atoms with E-state index in [0.717, 1.165) is 10.2 Å². The van der Waals surface area contributed by atoms with Crippen molar-refractivity contribution in [2.45, 2.75) is 19.0 Å². The van der Waals surface area contributed by atoms with Gasteiger partial charge in [0, 0.05) is 30.8 Å². The fourth-order valence-corrected chi connectivity index (χ4v) is 4.92. The van der Waals surface area contributed by atoms with E-state index in [1.54, 1.807) is 55.6 Å². The summed E-state index contributed by atoms with van der Waals surface area (Å²) in [5.74, 6) is 0.533. The lowest BCUT2D eigenvalue weighted by Gasteiger charge is -2.44. The molecule has 4 rings (SSSR count). The van der Waals surface area contributed by atoms with Gasteiger partial charge in [-0.15, -0.1) is 11.3 Å². The van der Waals surface area contributed by atoms with E-state index in [-0.39, 0.29) is 11.8 Å². The number of ether oxygens (including phenoxy) is 3. The first-order valence-corrected chi connectivity index (χ1v) is 10.7. The van der Waals surface area contributed by atoms with Crippen molar-refractivity contribution in [3.05, 3.63) is 41.4 Å². The molecule has 3 aromatic rings. The zero-order valence-electron chi connectivity index (χ0n) is 17.9. The van der Waals surface area contributed by atoms with Gasteiger partial charge < -0.3 is 24.1 Å². The molecule has 0 radical (unpaired) electrons. The Bertz CT molecular complexity index is 1140. The van der Waals surface area contributed by atoms with Gasteiger partial charge in [0.2, 0.25) is 5.91 Å². The standard InChI is InChI=1S/C22H25N3O5S/c1-22(21(27)23-8-9-28-2)13-24-16(11-14-7-10-31-20(14)24)19(26)25(22)15-5-6-17(29-3)18(12-15)30-4/h5-7,10-12H,8-9,13H2,1-4H3,(H,23,27)/t22-/m1/s1. The molecule has 1 aliphatic heterocycles. The van der Waals surface area contributed by atoms with Crippen molar-refractivity contribution >= 4 is 39.1 Å². The van der Waals surface area contributed by atoms with E-state index in [1.807, 2.05) is 22.1 Å². The van der Waals surface area contributed by atoms with Crippen LogP contribution >= 0.6 is 11.3 Å². The summed E-state index contributed by atoms with van der Waals surface area (Å²) in [7, 11) is 4.67. The molecular formula is C22H25N3O5S. The molecule has 0 spiro atoms.